The Hall–Kier alpha value is -7.43. The standard InChI is InChI=1S/C51H32N4/c1-3-13-35(14-4-1)49-40-18-8-11-21-44(40)53-51(54-49)37-29-25-34(26-30-37)33-23-27-36(28-24-33)50-42-31-32-46-48(47(42)39-17-7-10-20-43(39)52-50)41-19-9-12-22-45(41)55(46)38-15-5-2-6-16-38/h1-32H. The first kappa shape index (κ1) is 31.1. The number of aromatic nitrogens is 4. The molecule has 4 heteroatoms. The van der Waals surface area contributed by atoms with Crippen molar-refractivity contribution in [2.45, 2.75) is 0 Å². The van der Waals surface area contributed by atoms with E-state index < -0.39 is 0 Å². The highest BCUT2D eigenvalue weighted by atomic mass is 15.0. The van der Waals surface area contributed by atoms with Crippen LogP contribution in [0, 0.1) is 0 Å². The Morgan fingerprint density at radius 1 is 0.291 bits per heavy atom. The van der Waals surface area contributed by atoms with Gasteiger partial charge in [-0.15, -0.1) is 0 Å². The summed E-state index contributed by atoms with van der Waals surface area (Å²) in [5.41, 5.74) is 12.8. The molecule has 0 bridgehead atoms. The van der Waals surface area contributed by atoms with Crippen LogP contribution >= 0.6 is 0 Å². The predicted octanol–water partition coefficient (Wildman–Crippen LogP) is 13.1. The molecule has 0 saturated carbocycles. The van der Waals surface area contributed by atoms with E-state index in [1.54, 1.807) is 0 Å². The molecule has 3 aromatic heterocycles. The van der Waals surface area contributed by atoms with Gasteiger partial charge in [0.25, 0.3) is 0 Å². The van der Waals surface area contributed by atoms with E-state index in [0.29, 0.717) is 0 Å². The fourth-order valence-electron chi connectivity index (χ4n) is 8.23. The van der Waals surface area contributed by atoms with Crippen LogP contribution < -0.4 is 0 Å². The fourth-order valence-corrected chi connectivity index (χ4v) is 8.23. The average Bonchev–Trinajstić information content (AvgIpc) is 3.61. The van der Waals surface area contributed by atoms with Crippen LogP contribution in [0.4, 0.5) is 0 Å². The molecule has 0 unspecified atom stereocenters. The van der Waals surface area contributed by atoms with Crippen LogP contribution in [-0.2, 0) is 0 Å². The number of benzene rings is 8. The van der Waals surface area contributed by atoms with Crippen LogP contribution in [0.2, 0.25) is 0 Å². The summed E-state index contributed by atoms with van der Waals surface area (Å²) in [4.78, 5) is 15.3. The molecule has 3 heterocycles. The molecule has 0 aliphatic heterocycles. The van der Waals surface area contributed by atoms with Gasteiger partial charge < -0.3 is 4.57 Å². The molecule has 0 aliphatic carbocycles. The highest BCUT2D eigenvalue weighted by Gasteiger charge is 2.19. The van der Waals surface area contributed by atoms with Gasteiger partial charge in [-0.2, -0.15) is 0 Å². The number of para-hydroxylation sites is 4. The molecule has 256 valence electrons. The monoisotopic (exact) mass is 700 g/mol. The van der Waals surface area contributed by atoms with Crippen molar-refractivity contribution in [1.29, 1.82) is 0 Å². The lowest BCUT2D eigenvalue weighted by atomic mass is 9.95. The number of nitrogens with zero attached hydrogens (tertiary/aromatic N) is 4. The molecule has 0 fully saturated rings. The molecule has 0 saturated heterocycles. The summed E-state index contributed by atoms with van der Waals surface area (Å²) in [5, 5.41) is 7.06. The van der Waals surface area contributed by atoms with E-state index in [-0.39, 0.29) is 0 Å². The van der Waals surface area contributed by atoms with Gasteiger partial charge in [0.2, 0.25) is 0 Å². The van der Waals surface area contributed by atoms with Gasteiger partial charge in [0.15, 0.2) is 5.82 Å². The topological polar surface area (TPSA) is 43.6 Å². The lowest BCUT2D eigenvalue weighted by Gasteiger charge is -2.13. The smallest absolute Gasteiger partial charge is 0.160 e. The molecule has 11 rings (SSSR count). The summed E-state index contributed by atoms with van der Waals surface area (Å²) >= 11 is 0. The molecule has 0 radical (unpaired) electrons. The van der Waals surface area contributed by atoms with Crippen molar-refractivity contribution in [2.24, 2.45) is 0 Å². The van der Waals surface area contributed by atoms with Gasteiger partial charge >= 0.3 is 0 Å². The molecule has 4 nitrogen and oxygen atoms in total. The number of fused-ring (bicyclic) bond motifs is 8. The number of rotatable bonds is 5. The van der Waals surface area contributed by atoms with Crippen LogP contribution in [0.1, 0.15) is 0 Å². The van der Waals surface area contributed by atoms with Gasteiger partial charge in [0.05, 0.1) is 33.5 Å². The molecular weight excluding hydrogens is 669 g/mol. The predicted molar refractivity (Wildman–Crippen MR) is 228 cm³/mol. The molecule has 11 aromatic rings. The van der Waals surface area contributed by atoms with Gasteiger partial charge in [-0.05, 0) is 47.5 Å². The third-order valence-electron chi connectivity index (χ3n) is 10.8. The van der Waals surface area contributed by atoms with Crippen LogP contribution in [0.15, 0.2) is 194 Å². The molecule has 8 aromatic carbocycles. The van der Waals surface area contributed by atoms with Crippen molar-refractivity contribution in [1.82, 2.24) is 19.5 Å². The Labute approximate surface area is 317 Å². The van der Waals surface area contributed by atoms with Gasteiger partial charge in [-0.1, -0.05) is 158 Å². The summed E-state index contributed by atoms with van der Waals surface area (Å²) < 4.78 is 2.38. The molecule has 0 spiro atoms. The van der Waals surface area contributed by atoms with Gasteiger partial charge in [0, 0.05) is 54.7 Å². The second-order valence-corrected chi connectivity index (χ2v) is 14.0. The normalized spacial score (nSPS) is 11.6. The Kier molecular flexibility index (Phi) is 7.14. The largest absolute Gasteiger partial charge is 0.309 e. The number of hydrogen-bond acceptors (Lipinski definition) is 3. The highest BCUT2D eigenvalue weighted by molar-refractivity contribution is 6.29. The van der Waals surface area contributed by atoms with Crippen molar-refractivity contribution in [3.8, 4) is 50.7 Å². The van der Waals surface area contributed by atoms with Crippen molar-refractivity contribution in [3.05, 3.63) is 194 Å². The maximum atomic E-state index is 5.30. The Bertz CT molecular complexity index is 3220. The number of pyridine rings is 1. The van der Waals surface area contributed by atoms with Crippen LogP contribution in [0.25, 0.3) is 105 Å². The zero-order valence-corrected chi connectivity index (χ0v) is 29.8. The van der Waals surface area contributed by atoms with Crippen LogP contribution in [0.3, 0.4) is 0 Å². The van der Waals surface area contributed by atoms with Gasteiger partial charge in [-0.25, -0.2) is 15.0 Å². The third kappa shape index (κ3) is 5.11. The van der Waals surface area contributed by atoms with Crippen molar-refractivity contribution >= 4 is 54.4 Å². The summed E-state index contributed by atoms with van der Waals surface area (Å²) in [6.45, 7) is 0. The minimum Gasteiger partial charge on any atom is -0.309 e. The summed E-state index contributed by atoms with van der Waals surface area (Å²) in [6.07, 6.45) is 0. The summed E-state index contributed by atoms with van der Waals surface area (Å²) in [7, 11) is 0. The van der Waals surface area contributed by atoms with Crippen molar-refractivity contribution in [2.75, 3.05) is 0 Å². The van der Waals surface area contributed by atoms with E-state index in [9.17, 15) is 0 Å². The molecule has 55 heavy (non-hydrogen) atoms. The molecular formula is C51H32N4. The molecule has 0 aliphatic rings. The maximum Gasteiger partial charge on any atom is 0.160 e. The van der Waals surface area contributed by atoms with E-state index in [2.05, 4.69) is 180 Å². The van der Waals surface area contributed by atoms with E-state index in [0.717, 1.165) is 77.9 Å². The van der Waals surface area contributed by atoms with Gasteiger partial charge in [-0.3, -0.25) is 0 Å². The number of hydrogen-bond donors (Lipinski definition) is 0. The lowest BCUT2D eigenvalue weighted by Crippen LogP contribution is -1.95. The SMILES string of the molecule is c1ccc(-c2nc(-c3ccc(-c4ccc(-c5nc6ccccc6c6c5ccc5c6c6ccccc6n5-c5ccccc5)cc4)cc3)nc3ccccc23)cc1. The Morgan fingerprint density at radius 2 is 0.818 bits per heavy atom. The average molecular weight is 701 g/mol. The van der Waals surface area contributed by atoms with Crippen molar-refractivity contribution < 1.29 is 0 Å². The first-order valence-electron chi connectivity index (χ1n) is 18.6. The molecule has 0 amide bonds. The first-order chi connectivity index (χ1) is 27.3. The zero-order valence-electron chi connectivity index (χ0n) is 29.8. The molecule has 0 N–H and O–H groups in total. The Morgan fingerprint density at radius 3 is 1.55 bits per heavy atom. The highest BCUT2D eigenvalue weighted by Crippen LogP contribution is 2.42. The summed E-state index contributed by atoms with van der Waals surface area (Å²) in [6, 6.07) is 68.4. The van der Waals surface area contributed by atoms with E-state index in [1.807, 2.05) is 18.2 Å². The lowest BCUT2D eigenvalue weighted by molar-refractivity contribution is 1.18. The first-order valence-corrected chi connectivity index (χ1v) is 18.6. The van der Waals surface area contributed by atoms with E-state index in [4.69, 9.17) is 15.0 Å². The van der Waals surface area contributed by atoms with Crippen molar-refractivity contribution in [3.63, 3.8) is 0 Å². The van der Waals surface area contributed by atoms with Crippen LogP contribution in [-0.4, -0.2) is 19.5 Å². The fraction of sp³-hybridized carbons (Fsp3) is 0. The third-order valence-corrected chi connectivity index (χ3v) is 10.8. The second-order valence-electron chi connectivity index (χ2n) is 14.0. The minimum atomic E-state index is 0.717. The summed E-state index contributed by atoms with van der Waals surface area (Å²) in [5.74, 6) is 0.717. The zero-order chi connectivity index (χ0) is 36.3. The molecule has 0 atom stereocenters. The van der Waals surface area contributed by atoms with E-state index in [1.165, 1.54) is 27.2 Å². The minimum absolute atomic E-state index is 0.717. The van der Waals surface area contributed by atoms with E-state index >= 15 is 0 Å². The quantitative estimate of drug-likeness (QED) is 0.168. The van der Waals surface area contributed by atoms with Gasteiger partial charge in [0.1, 0.15) is 0 Å². The maximum absolute atomic E-state index is 5.30. The Balaban J connectivity index is 1.01. The van der Waals surface area contributed by atoms with Crippen LogP contribution in [0.5, 0.6) is 0 Å². The second kappa shape index (κ2) is 12.6.